The van der Waals surface area contributed by atoms with Gasteiger partial charge < -0.3 is 9.64 Å². The maximum Gasteiger partial charge on any atom is 0.410 e. The van der Waals surface area contributed by atoms with Crippen LogP contribution in [-0.2, 0) is 14.4 Å². The second-order valence-corrected chi connectivity index (χ2v) is 6.11. The van der Waals surface area contributed by atoms with Crippen molar-refractivity contribution in [2.75, 3.05) is 27.2 Å². The maximum atomic E-state index is 12.1. The Balaban J connectivity index is 2.55. The first-order valence-corrected chi connectivity index (χ1v) is 7.04. The molecule has 1 heterocycles. The summed E-state index contributed by atoms with van der Waals surface area (Å²) in [5, 5.41) is 1.26. The molecule has 1 aliphatic rings. The number of hydrogen-bond donors (Lipinski definition) is 0. The fourth-order valence-electron chi connectivity index (χ4n) is 2.20. The lowest BCUT2D eigenvalue weighted by atomic mass is 10.00. The molecular formula is C14H26N2O4. The molecule has 6 heteroatoms. The quantitative estimate of drug-likeness (QED) is 0.729. The molecule has 0 aromatic rings. The van der Waals surface area contributed by atoms with E-state index in [-0.39, 0.29) is 17.9 Å². The van der Waals surface area contributed by atoms with Crippen LogP contribution >= 0.6 is 0 Å². The molecular weight excluding hydrogens is 260 g/mol. The van der Waals surface area contributed by atoms with Crippen molar-refractivity contribution >= 4 is 12.0 Å². The van der Waals surface area contributed by atoms with E-state index in [1.54, 1.807) is 11.9 Å². The van der Waals surface area contributed by atoms with Gasteiger partial charge in [0.05, 0.1) is 7.11 Å². The number of likely N-dealkylation sites (tertiary alicyclic amines) is 1. The summed E-state index contributed by atoms with van der Waals surface area (Å²) < 4.78 is 5.36. The van der Waals surface area contributed by atoms with E-state index >= 15 is 0 Å². The van der Waals surface area contributed by atoms with Crippen LogP contribution in [-0.4, -0.2) is 54.8 Å². The first-order valence-electron chi connectivity index (χ1n) is 7.04. The van der Waals surface area contributed by atoms with Gasteiger partial charge in [0.25, 0.3) is 0 Å². The van der Waals surface area contributed by atoms with Crippen molar-refractivity contribution in [2.45, 2.75) is 45.6 Å². The molecule has 0 spiro atoms. The summed E-state index contributed by atoms with van der Waals surface area (Å²) in [7, 11) is 3.08. The van der Waals surface area contributed by atoms with Crippen molar-refractivity contribution in [1.29, 1.82) is 0 Å². The average molecular weight is 286 g/mol. The lowest BCUT2D eigenvalue weighted by Gasteiger charge is -2.26. The smallest absolute Gasteiger partial charge is 0.410 e. The maximum absolute atomic E-state index is 12.1. The SMILES string of the molecule is CON(C)C(=O)C1CCCN(C(=O)OC(C)(C)C)CC1. The molecule has 20 heavy (non-hydrogen) atoms. The third kappa shape index (κ3) is 5.00. The van der Waals surface area contributed by atoms with Crippen LogP contribution in [0.25, 0.3) is 0 Å². The molecule has 6 nitrogen and oxygen atoms in total. The molecule has 0 N–H and O–H groups in total. The van der Waals surface area contributed by atoms with E-state index in [0.29, 0.717) is 19.5 Å². The van der Waals surface area contributed by atoms with Crippen LogP contribution in [0.4, 0.5) is 4.79 Å². The van der Waals surface area contributed by atoms with Gasteiger partial charge in [-0.3, -0.25) is 9.63 Å². The van der Waals surface area contributed by atoms with Crippen molar-refractivity contribution in [3.63, 3.8) is 0 Å². The van der Waals surface area contributed by atoms with E-state index in [9.17, 15) is 9.59 Å². The summed E-state index contributed by atoms with van der Waals surface area (Å²) in [6.45, 7) is 6.73. The van der Waals surface area contributed by atoms with Gasteiger partial charge in [0.1, 0.15) is 5.60 Å². The minimum Gasteiger partial charge on any atom is -0.444 e. The normalized spacial score (nSPS) is 20.2. The zero-order valence-corrected chi connectivity index (χ0v) is 13.1. The Kier molecular flexibility index (Phi) is 5.80. The van der Waals surface area contributed by atoms with Gasteiger partial charge in [-0.05, 0) is 40.0 Å². The van der Waals surface area contributed by atoms with Crippen molar-refractivity contribution in [3.05, 3.63) is 0 Å². The molecule has 1 unspecified atom stereocenters. The molecule has 1 fully saturated rings. The lowest BCUT2D eigenvalue weighted by molar-refractivity contribution is -0.173. The van der Waals surface area contributed by atoms with Gasteiger partial charge in [-0.2, -0.15) is 0 Å². The summed E-state index contributed by atoms with van der Waals surface area (Å²) in [6, 6.07) is 0. The van der Waals surface area contributed by atoms with Crippen molar-refractivity contribution < 1.29 is 19.2 Å². The Morgan fingerprint density at radius 3 is 2.40 bits per heavy atom. The second kappa shape index (κ2) is 6.92. The highest BCUT2D eigenvalue weighted by Crippen LogP contribution is 2.21. The summed E-state index contributed by atoms with van der Waals surface area (Å²) in [4.78, 5) is 30.7. The number of amides is 2. The van der Waals surface area contributed by atoms with Crippen molar-refractivity contribution in [2.24, 2.45) is 5.92 Å². The molecule has 1 atom stereocenters. The van der Waals surface area contributed by atoms with Gasteiger partial charge in [0, 0.05) is 26.1 Å². The molecule has 0 aliphatic carbocycles. The number of nitrogens with zero attached hydrogens (tertiary/aromatic N) is 2. The fraction of sp³-hybridized carbons (Fsp3) is 0.857. The number of carbonyl (C=O) groups excluding carboxylic acids is 2. The van der Waals surface area contributed by atoms with Crippen LogP contribution < -0.4 is 0 Å². The average Bonchev–Trinajstić information content (AvgIpc) is 2.60. The Morgan fingerprint density at radius 1 is 1.20 bits per heavy atom. The zero-order valence-electron chi connectivity index (χ0n) is 13.1. The predicted octanol–water partition coefficient (Wildman–Crippen LogP) is 2.04. The first kappa shape index (κ1) is 16.8. The predicted molar refractivity (Wildman–Crippen MR) is 74.9 cm³/mol. The third-order valence-corrected chi connectivity index (χ3v) is 3.31. The molecule has 0 saturated carbocycles. The summed E-state index contributed by atoms with van der Waals surface area (Å²) in [5.41, 5.74) is -0.491. The van der Waals surface area contributed by atoms with Gasteiger partial charge >= 0.3 is 6.09 Å². The highest BCUT2D eigenvalue weighted by Gasteiger charge is 2.29. The first-order chi connectivity index (χ1) is 9.24. The molecule has 2 amide bonds. The van der Waals surface area contributed by atoms with Gasteiger partial charge in [-0.1, -0.05) is 0 Å². The molecule has 116 valence electrons. The molecule has 1 aliphatic heterocycles. The molecule has 1 rings (SSSR count). The van der Waals surface area contributed by atoms with Crippen molar-refractivity contribution in [3.8, 4) is 0 Å². The van der Waals surface area contributed by atoms with E-state index in [2.05, 4.69) is 0 Å². The molecule has 0 aromatic carbocycles. The monoisotopic (exact) mass is 286 g/mol. The van der Waals surface area contributed by atoms with Crippen LogP contribution in [0.3, 0.4) is 0 Å². The standard InChI is InChI=1S/C14H26N2O4/c1-14(2,3)20-13(18)16-9-6-7-11(8-10-16)12(17)15(4)19-5/h11H,6-10H2,1-5H3. The number of rotatable bonds is 2. The summed E-state index contributed by atoms with van der Waals surface area (Å²) in [6.07, 6.45) is 1.91. The Bertz CT molecular complexity index is 352. The van der Waals surface area contributed by atoms with Crippen LogP contribution in [0, 0.1) is 5.92 Å². The molecule has 1 saturated heterocycles. The van der Waals surface area contributed by atoms with Crippen LogP contribution in [0.1, 0.15) is 40.0 Å². The second-order valence-electron chi connectivity index (χ2n) is 6.11. The van der Waals surface area contributed by atoms with E-state index in [1.807, 2.05) is 20.8 Å². The van der Waals surface area contributed by atoms with E-state index in [4.69, 9.17) is 9.57 Å². The van der Waals surface area contributed by atoms with Gasteiger partial charge in [-0.25, -0.2) is 9.86 Å². The number of hydrogen-bond acceptors (Lipinski definition) is 4. The Morgan fingerprint density at radius 2 is 1.85 bits per heavy atom. The van der Waals surface area contributed by atoms with E-state index < -0.39 is 5.60 Å². The highest BCUT2D eigenvalue weighted by atomic mass is 16.7. The molecule has 0 radical (unpaired) electrons. The molecule has 0 bridgehead atoms. The third-order valence-electron chi connectivity index (χ3n) is 3.31. The lowest BCUT2D eigenvalue weighted by Crippen LogP contribution is -2.38. The minimum atomic E-state index is -0.491. The highest BCUT2D eigenvalue weighted by molar-refractivity contribution is 5.77. The van der Waals surface area contributed by atoms with Gasteiger partial charge in [0.15, 0.2) is 0 Å². The van der Waals surface area contributed by atoms with Gasteiger partial charge in [0.2, 0.25) is 5.91 Å². The number of hydroxylamine groups is 2. The molecule has 0 aromatic heterocycles. The largest absolute Gasteiger partial charge is 0.444 e. The minimum absolute atomic E-state index is 0.0291. The summed E-state index contributed by atoms with van der Waals surface area (Å²) in [5.74, 6) is -0.120. The number of ether oxygens (including phenoxy) is 1. The summed E-state index contributed by atoms with van der Waals surface area (Å²) >= 11 is 0. The van der Waals surface area contributed by atoms with Crippen LogP contribution in [0.5, 0.6) is 0 Å². The number of carbonyl (C=O) groups is 2. The fourth-order valence-corrected chi connectivity index (χ4v) is 2.20. The van der Waals surface area contributed by atoms with Crippen LogP contribution in [0.2, 0.25) is 0 Å². The Labute approximate surface area is 121 Å². The van der Waals surface area contributed by atoms with E-state index in [0.717, 1.165) is 12.8 Å². The van der Waals surface area contributed by atoms with E-state index in [1.165, 1.54) is 12.2 Å². The van der Waals surface area contributed by atoms with Crippen molar-refractivity contribution in [1.82, 2.24) is 9.96 Å². The van der Waals surface area contributed by atoms with Gasteiger partial charge in [-0.15, -0.1) is 0 Å². The Hall–Kier alpha value is -1.30. The topological polar surface area (TPSA) is 59.1 Å². The zero-order chi connectivity index (χ0) is 15.3. The van der Waals surface area contributed by atoms with Crippen LogP contribution in [0.15, 0.2) is 0 Å².